The van der Waals surface area contributed by atoms with Gasteiger partial charge in [-0.1, -0.05) is 170 Å². The molecule has 18 nitrogen and oxygen atoms in total. The molecule has 0 spiro atoms. The summed E-state index contributed by atoms with van der Waals surface area (Å²) in [5.41, 5.74) is 0.814. The Morgan fingerprint density at radius 2 is 0.695 bits per heavy atom. The maximum Gasteiger partial charge on any atom is 0.0828 e. The lowest BCUT2D eigenvalue weighted by Crippen LogP contribution is -2.49. The average molecular weight is 1550 g/mol. The number of nitrogens with zero attached hydrogens (tertiary/aromatic N) is 5. The van der Waals surface area contributed by atoms with Gasteiger partial charge in [-0.15, -0.1) is 0 Å². The molecular weight excluding hydrogens is 1310 g/mol. The normalized spacial score (nSPS) is 11.3. The van der Waals surface area contributed by atoms with E-state index in [4.69, 9.17) is 28.4 Å². The standard InChI is InChI=1S/C10H22.C6H13NO.3C5H13N.C5H10O.4C4H11N.4C4H10O.2C3H9N.C3H8O.C2H6O.8CH4/c1-8(2)7-10(5,6)9(3)4;1-3-8-6-4-7(2)5-6;2*1-5(2)6(3)4;1-4-5(2)6-3;1-5(6-2)3-4-5;1-4-5(2)3;6*1-4(2)5-3;1-3-4-5-2;1-4(2)3;2*1-3-4-2;1-3-2;;;;;;;;/h8-9H,7H2,1-6H3;6H,3-5H2,1-2H3;2*5H,1-4H3;5-6H,4H2,1-3H3;3-4H2,1-2H3;4H2,1-3H3;3*4-5H,1-3H3;3*4H,1-3H3;3-4H2,1-2H3;1-3H3;4H,3H2,1-2H3;3H2,1-2H3;1-2H3;8*1H4. The summed E-state index contributed by atoms with van der Waals surface area (Å²) in [6.45, 7) is 71.0. The lowest BCUT2D eigenvalue weighted by Gasteiger charge is -2.35. The van der Waals surface area contributed by atoms with E-state index in [0.717, 1.165) is 64.3 Å². The fraction of sp³-hybridized carbons (Fsp3) is 1.00. The van der Waals surface area contributed by atoms with Crippen LogP contribution in [0.15, 0.2) is 0 Å². The second-order valence-electron chi connectivity index (χ2n) is 28.5. The Bertz CT molecular complexity index is 1060. The molecule has 2 rings (SSSR count). The summed E-state index contributed by atoms with van der Waals surface area (Å²) in [6.07, 6.45) is 7.87. The number of nitrogens with one attached hydrogen (secondary N) is 5. The van der Waals surface area contributed by atoms with Gasteiger partial charge in [-0.3, -0.25) is 0 Å². The van der Waals surface area contributed by atoms with E-state index < -0.39 is 0 Å². The molecule has 1 unspecified atom stereocenters. The molecule has 105 heavy (non-hydrogen) atoms. The zero-order valence-corrected chi connectivity index (χ0v) is 77.4. The van der Waals surface area contributed by atoms with Crippen LogP contribution < -0.4 is 26.6 Å². The van der Waals surface area contributed by atoms with Crippen LogP contribution in [0.1, 0.15) is 299 Å². The maximum atomic E-state index is 5.31. The highest BCUT2D eigenvalue weighted by Crippen LogP contribution is 2.37. The topological polar surface area (TPSA) is 150 Å². The van der Waals surface area contributed by atoms with Gasteiger partial charge in [0.05, 0.1) is 30.0 Å². The lowest BCUT2D eigenvalue weighted by atomic mass is 9.75. The van der Waals surface area contributed by atoms with Crippen LogP contribution in [-0.4, -0.2) is 299 Å². The van der Waals surface area contributed by atoms with E-state index in [1.54, 1.807) is 56.9 Å². The Hall–Kier alpha value is -0.720. The molecule has 18 heteroatoms. The fourth-order valence-corrected chi connectivity index (χ4v) is 3.06. The van der Waals surface area contributed by atoms with Crippen molar-refractivity contribution >= 4 is 0 Å². The minimum absolute atomic E-state index is 0. The van der Waals surface area contributed by atoms with Gasteiger partial charge in [0, 0.05) is 126 Å². The number of likely N-dealkylation sites (N-methyl/N-ethyl adjacent to an activating group) is 1. The summed E-state index contributed by atoms with van der Waals surface area (Å²) in [5, 5.41) is 15.1. The van der Waals surface area contributed by atoms with E-state index in [1.807, 2.05) is 117 Å². The van der Waals surface area contributed by atoms with Gasteiger partial charge in [0.1, 0.15) is 0 Å². The van der Waals surface area contributed by atoms with Crippen LogP contribution in [0, 0.1) is 17.3 Å². The SMILES string of the molecule is C.C.C.C.C.C.C.C.CC(C)CC(C)(C)C(C)C.CC(C)N(C)C.CC(C)N(C)C.CCC(C)NC.CCCOC.CCN(C)C.CCNC.CCOC.CCOC1CN(C)C1.CN(C)C.CNC(C)C.CNC(C)C.CNC(C)C.COC.COC(C)C.COC(C)C.COC(C)C.COC1(C)CC1. The van der Waals surface area contributed by atoms with Crippen molar-refractivity contribution < 1.29 is 37.9 Å². The molecule has 678 valence electrons. The minimum Gasteiger partial charge on any atom is -0.388 e. The molecule has 2 aliphatic rings. The van der Waals surface area contributed by atoms with Crippen molar-refractivity contribution in [2.75, 3.05) is 209 Å². The van der Waals surface area contributed by atoms with E-state index >= 15 is 0 Å². The number of hydrogen-bond donors (Lipinski definition) is 5. The van der Waals surface area contributed by atoms with E-state index in [9.17, 15) is 0 Å². The molecule has 5 N–H and O–H groups in total. The fourth-order valence-electron chi connectivity index (χ4n) is 3.06. The Labute approximate surface area is 677 Å². The van der Waals surface area contributed by atoms with Gasteiger partial charge in [-0.25, -0.2) is 0 Å². The van der Waals surface area contributed by atoms with Crippen LogP contribution in [0.5, 0.6) is 0 Å². The molecule has 0 amide bonds. The van der Waals surface area contributed by atoms with Crippen LogP contribution in [-0.2, 0) is 37.9 Å². The van der Waals surface area contributed by atoms with Gasteiger partial charge in [0.15, 0.2) is 0 Å². The highest BCUT2D eigenvalue weighted by atomic mass is 16.5. The summed E-state index contributed by atoms with van der Waals surface area (Å²) in [7, 11) is 43.8. The van der Waals surface area contributed by atoms with Crippen molar-refractivity contribution in [3.8, 4) is 0 Å². The van der Waals surface area contributed by atoms with Crippen LogP contribution in [0.2, 0.25) is 0 Å². The first-order chi connectivity index (χ1) is 44.3. The molecule has 1 heterocycles. The third-order valence-corrected chi connectivity index (χ3v) is 13.4. The zero-order valence-electron chi connectivity index (χ0n) is 77.4. The van der Waals surface area contributed by atoms with Crippen molar-refractivity contribution in [1.82, 2.24) is 51.1 Å². The predicted octanol–water partition coefficient (Wildman–Crippen LogP) is 21.1. The summed E-state index contributed by atoms with van der Waals surface area (Å²) >= 11 is 0. The number of ether oxygens (including phenoxy) is 8. The van der Waals surface area contributed by atoms with E-state index in [0.29, 0.717) is 71.7 Å². The Kier molecular flexibility index (Phi) is 233. The Balaban J connectivity index is -0.0000000301. The molecule has 0 aromatic rings. The van der Waals surface area contributed by atoms with Gasteiger partial charge in [-0.2, -0.15) is 0 Å². The van der Waals surface area contributed by atoms with Crippen molar-refractivity contribution in [2.45, 2.75) is 365 Å². The van der Waals surface area contributed by atoms with Gasteiger partial charge in [0.25, 0.3) is 0 Å². The summed E-state index contributed by atoms with van der Waals surface area (Å²) in [5.74, 6) is 1.63. The molecule has 0 bridgehead atoms. The molecular formula is C87H232N10O8. The minimum atomic E-state index is 0. The smallest absolute Gasteiger partial charge is 0.0828 e. The number of rotatable bonds is 21. The number of hydrogen-bond acceptors (Lipinski definition) is 18. The van der Waals surface area contributed by atoms with Gasteiger partial charge in [0.2, 0.25) is 0 Å². The lowest BCUT2D eigenvalue weighted by molar-refractivity contribution is -0.0377. The first-order valence-corrected chi connectivity index (χ1v) is 37.1. The first-order valence-electron chi connectivity index (χ1n) is 37.1. The summed E-state index contributed by atoms with van der Waals surface area (Å²) in [4.78, 5) is 10.7. The Morgan fingerprint density at radius 3 is 0.733 bits per heavy atom. The second kappa shape index (κ2) is 142. The molecule has 1 aliphatic carbocycles. The second-order valence-corrected chi connectivity index (χ2v) is 28.5. The van der Waals surface area contributed by atoms with Crippen LogP contribution in [0.4, 0.5) is 0 Å². The number of methoxy groups -OCH3 is 7. The third kappa shape index (κ3) is 301. The Morgan fingerprint density at radius 1 is 0.467 bits per heavy atom. The maximum absolute atomic E-state index is 5.31. The molecule has 2 fully saturated rings. The van der Waals surface area contributed by atoms with Crippen molar-refractivity contribution in [1.29, 1.82) is 0 Å². The molecule has 1 saturated carbocycles. The van der Waals surface area contributed by atoms with Crippen LogP contribution >= 0.6 is 0 Å². The van der Waals surface area contributed by atoms with Crippen molar-refractivity contribution in [2.24, 2.45) is 17.3 Å². The summed E-state index contributed by atoms with van der Waals surface area (Å²) in [6, 6.07) is 3.96. The van der Waals surface area contributed by atoms with Gasteiger partial charge >= 0.3 is 0 Å². The van der Waals surface area contributed by atoms with Crippen molar-refractivity contribution in [3.05, 3.63) is 0 Å². The summed E-state index contributed by atoms with van der Waals surface area (Å²) < 4.78 is 38.1. The average Bonchev–Trinajstić information content (AvgIpc) is 1.73. The van der Waals surface area contributed by atoms with Crippen LogP contribution in [0.25, 0.3) is 0 Å². The van der Waals surface area contributed by atoms with E-state index in [-0.39, 0.29) is 59.4 Å². The third-order valence-electron chi connectivity index (χ3n) is 13.4. The monoisotopic (exact) mass is 1550 g/mol. The molecule has 0 aromatic heterocycles. The zero-order chi connectivity index (χ0) is 81.5. The highest BCUT2D eigenvalue weighted by Gasteiger charge is 2.36. The van der Waals surface area contributed by atoms with Crippen molar-refractivity contribution in [3.63, 3.8) is 0 Å². The van der Waals surface area contributed by atoms with E-state index in [1.165, 1.54) is 25.7 Å². The predicted molar refractivity (Wildman–Crippen MR) is 501 cm³/mol. The number of likely N-dealkylation sites (tertiary alicyclic amines) is 1. The largest absolute Gasteiger partial charge is 0.388 e. The molecule has 1 aliphatic heterocycles. The van der Waals surface area contributed by atoms with Gasteiger partial charge < -0.3 is 89.0 Å². The van der Waals surface area contributed by atoms with Crippen LogP contribution in [0.3, 0.4) is 0 Å². The molecule has 0 radical (unpaired) electrons. The highest BCUT2D eigenvalue weighted by molar-refractivity contribution is 4.89. The molecule has 1 atom stereocenters. The molecule has 0 aromatic carbocycles. The quantitative estimate of drug-likeness (QED) is 0.0741. The van der Waals surface area contributed by atoms with Gasteiger partial charge in [-0.05, 0) is 265 Å². The van der Waals surface area contributed by atoms with E-state index in [2.05, 4.69) is 257 Å². The molecule has 1 saturated heterocycles. The first kappa shape index (κ1) is 173.